The van der Waals surface area contributed by atoms with Crippen molar-refractivity contribution in [2.45, 2.75) is 33.4 Å². The lowest BCUT2D eigenvalue weighted by Crippen LogP contribution is -2.39. The Hall–Kier alpha value is -0.900. The molecule has 1 aromatic rings. The molecular formula is C21H37IN4O2. The third-order valence-corrected chi connectivity index (χ3v) is 4.66. The van der Waals surface area contributed by atoms with Crippen LogP contribution >= 0.6 is 24.0 Å². The van der Waals surface area contributed by atoms with E-state index in [2.05, 4.69) is 58.6 Å². The van der Waals surface area contributed by atoms with E-state index in [1.54, 1.807) is 7.05 Å². The van der Waals surface area contributed by atoms with Crippen molar-refractivity contribution in [2.75, 3.05) is 53.1 Å². The molecule has 0 amide bonds. The van der Waals surface area contributed by atoms with Crippen molar-refractivity contribution in [3.8, 4) is 0 Å². The van der Waals surface area contributed by atoms with Crippen LogP contribution in [-0.4, -0.2) is 64.0 Å². The highest BCUT2D eigenvalue weighted by Gasteiger charge is 2.12. The maximum atomic E-state index is 5.64. The van der Waals surface area contributed by atoms with Gasteiger partial charge in [0.05, 0.1) is 19.8 Å². The predicted molar refractivity (Wildman–Crippen MR) is 126 cm³/mol. The number of halogens is 1. The lowest BCUT2D eigenvalue weighted by Gasteiger charge is -2.27. The minimum atomic E-state index is 0. The first kappa shape index (κ1) is 25.1. The lowest BCUT2D eigenvalue weighted by atomic mass is 10.1. The molecule has 0 unspecified atom stereocenters. The molecule has 1 aromatic carbocycles. The summed E-state index contributed by atoms with van der Waals surface area (Å²) in [4.78, 5) is 6.75. The molecule has 1 fully saturated rings. The molecule has 0 saturated carbocycles. The highest BCUT2D eigenvalue weighted by atomic mass is 127. The molecule has 7 heteroatoms. The zero-order valence-electron chi connectivity index (χ0n) is 17.6. The van der Waals surface area contributed by atoms with Crippen molar-refractivity contribution in [2.24, 2.45) is 10.9 Å². The fraction of sp³-hybridized carbons (Fsp3) is 0.667. The molecule has 0 spiro atoms. The van der Waals surface area contributed by atoms with Crippen molar-refractivity contribution in [1.29, 1.82) is 0 Å². The van der Waals surface area contributed by atoms with E-state index in [9.17, 15) is 0 Å². The predicted octanol–water partition coefficient (Wildman–Crippen LogP) is 2.86. The van der Waals surface area contributed by atoms with Gasteiger partial charge in [-0.25, -0.2) is 0 Å². The van der Waals surface area contributed by atoms with Gasteiger partial charge in [0.15, 0.2) is 5.96 Å². The van der Waals surface area contributed by atoms with Crippen LogP contribution in [0.15, 0.2) is 29.3 Å². The Morgan fingerprint density at radius 2 is 1.86 bits per heavy atom. The number of guanidine groups is 1. The first-order valence-electron chi connectivity index (χ1n) is 10.1. The molecule has 1 aliphatic rings. The second-order valence-electron chi connectivity index (χ2n) is 7.30. The van der Waals surface area contributed by atoms with Gasteiger partial charge in [-0.1, -0.05) is 38.1 Å². The number of ether oxygens (including phenoxy) is 2. The van der Waals surface area contributed by atoms with Gasteiger partial charge in [0, 0.05) is 46.4 Å². The summed E-state index contributed by atoms with van der Waals surface area (Å²) in [5.41, 5.74) is 2.67. The monoisotopic (exact) mass is 504 g/mol. The largest absolute Gasteiger partial charge is 0.380 e. The molecule has 0 radical (unpaired) electrons. The molecule has 6 nitrogen and oxygen atoms in total. The SMILES string of the molecule is CN=C(NCCOCCC(C)C)NCc1ccccc1CN1CCOCC1.I. The molecule has 1 saturated heterocycles. The van der Waals surface area contributed by atoms with Gasteiger partial charge in [-0.05, 0) is 23.5 Å². The van der Waals surface area contributed by atoms with E-state index < -0.39 is 0 Å². The van der Waals surface area contributed by atoms with E-state index in [1.807, 2.05) is 0 Å². The maximum absolute atomic E-state index is 5.64. The third kappa shape index (κ3) is 10.0. The van der Waals surface area contributed by atoms with Gasteiger partial charge in [-0.3, -0.25) is 9.89 Å². The zero-order valence-corrected chi connectivity index (χ0v) is 19.9. The summed E-state index contributed by atoms with van der Waals surface area (Å²) in [5, 5.41) is 6.73. The first-order valence-corrected chi connectivity index (χ1v) is 10.1. The van der Waals surface area contributed by atoms with E-state index in [0.29, 0.717) is 12.5 Å². The molecule has 0 atom stereocenters. The first-order chi connectivity index (χ1) is 13.2. The van der Waals surface area contributed by atoms with E-state index in [-0.39, 0.29) is 24.0 Å². The van der Waals surface area contributed by atoms with Crippen molar-refractivity contribution in [3.63, 3.8) is 0 Å². The van der Waals surface area contributed by atoms with E-state index in [4.69, 9.17) is 9.47 Å². The van der Waals surface area contributed by atoms with Crippen molar-refractivity contribution >= 4 is 29.9 Å². The minimum Gasteiger partial charge on any atom is -0.380 e. The van der Waals surface area contributed by atoms with Crippen LogP contribution in [0.4, 0.5) is 0 Å². The zero-order chi connectivity index (χ0) is 19.3. The number of nitrogens with one attached hydrogen (secondary N) is 2. The maximum Gasteiger partial charge on any atom is 0.191 e. The van der Waals surface area contributed by atoms with Crippen LogP contribution in [0, 0.1) is 5.92 Å². The Kier molecular flexibility index (Phi) is 13.5. The van der Waals surface area contributed by atoms with Gasteiger partial charge < -0.3 is 20.1 Å². The van der Waals surface area contributed by atoms with Crippen LogP contribution in [0.5, 0.6) is 0 Å². The number of nitrogens with zero attached hydrogens (tertiary/aromatic N) is 2. The van der Waals surface area contributed by atoms with Crippen molar-refractivity contribution < 1.29 is 9.47 Å². The molecule has 2 rings (SSSR count). The van der Waals surface area contributed by atoms with Crippen molar-refractivity contribution in [1.82, 2.24) is 15.5 Å². The summed E-state index contributed by atoms with van der Waals surface area (Å²) >= 11 is 0. The summed E-state index contributed by atoms with van der Waals surface area (Å²) in [5.74, 6) is 1.49. The number of benzene rings is 1. The standard InChI is InChI=1S/C21H36N4O2.HI/c1-18(2)8-12-26-13-9-23-21(22-3)24-16-19-6-4-5-7-20(19)17-25-10-14-27-15-11-25;/h4-7,18H,8-17H2,1-3H3,(H2,22,23,24);1H. The van der Waals surface area contributed by atoms with Crippen LogP contribution in [0.2, 0.25) is 0 Å². The third-order valence-electron chi connectivity index (χ3n) is 4.66. The Morgan fingerprint density at radius 3 is 2.54 bits per heavy atom. The van der Waals surface area contributed by atoms with Gasteiger partial charge in [-0.2, -0.15) is 0 Å². The molecule has 0 aromatic heterocycles. The van der Waals surface area contributed by atoms with E-state index in [0.717, 1.165) is 64.9 Å². The Labute approximate surface area is 187 Å². The number of morpholine rings is 1. The van der Waals surface area contributed by atoms with Crippen LogP contribution in [0.3, 0.4) is 0 Å². The minimum absolute atomic E-state index is 0. The quantitative estimate of drug-likeness (QED) is 0.222. The van der Waals surface area contributed by atoms with Crippen LogP contribution < -0.4 is 10.6 Å². The van der Waals surface area contributed by atoms with Crippen LogP contribution in [-0.2, 0) is 22.6 Å². The number of rotatable bonds is 10. The Bertz CT molecular complexity index is 563. The lowest BCUT2D eigenvalue weighted by molar-refractivity contribution is 0.0341. The highest BCUT2D eigenvalue weighted by molar-refractivity contribution is 14.0. The average Bonchev–Trinajstić information content (AvgIpc) is 2.68. The number of hydrogen-bond acceptors (Lipinski definition) is 4. The van der Waals surface area contributed by atoms with Crippen molar-refractivity contribution in [3.05, 3.63) is 35.4 Å². The molecular weight excluding hydrogens is 467 g/mol. The van der Waals surface area contributed by atoms with Gasteiger partial charge in [-0.15, -0.1) is 24.0 Å². The second kappa shape index (κ2) is 15.0. The van der Waals surface area contributed by atoms with E-state index in [1.165, 1.54) is 11.1 Å². The summed E-state index contributed by atoms with van der Waals surface area (Å²) in [7, 11) is 1.80. The Balaban J connectivity index is 0.00000392. The molecule has 1 heterocycles. The Morgan fingerprint density at radius 1 is 1.14 bits per heavy atom. The fourth-order valence-corrected chi connectivity index (χ4v) is 2.95. The number of aliphatic imine (C=N–C) groups is 1. The molecule has 0 bridgehead atoms. The molecule has 0 aliphatic carbocycles. The average molecular weight is 504 g/mol. The summed E-state index contributed by atoms with van der Waals surface area (Å²) < 4.78 is 11.1. The highest BCUT2D eigenvalue weighted by Crippen LogP contribution is 2.13. The van der Waals surface area contributed by atoms with Gasteiger partial charge in [0.25, 0.3) is 0 Å². The number of hydrogen-bond donors (Lipinski definition) is 2. The van der Waals surface area contributed by atoms with Gasteiger partial charge in [0.1, 0.15) is 0 Å². The fourth-order valence-electron chi connectivity index (χ4n) is 2.95. The smallest absolute Gasteiger partial charge is 0.191 e. The van der Waals surface area contributed by atoms with E-state index >= 15 is 0 Å². The second-order valence-corrected chi connectivity index (χ2v) is 7.30. The van der Waals surface area contributed by atoms with Crippen LogP contribution in [0.25, 0.3) is 0 Å². The van der Waals surface area contributed by atoms with Gasteiger partial charge in [0.2, 0.25) is 0 Å². The summed E-state index contributed by atoms with van der Waals surface area (Å²) in [6, 6.07) is 8.61. The van der Waals surface area contributed by atoms with Crippen LogP contribution in [0.1, 0.15) is 31.4 Å². The summed E-state index contributed by atoms with van der Waals surface area (Å²) in [6.07, 6.45) is 1.10. The molecule has 160 valence electrons. The topological polar surface area (TPSA) is 58.1 Å². The normalized spacial score (nSPS) is 15.4. The summed E-state index contributed by atoms with van der Waals surface area (Å²) in [6.45, 7) is 12.1. The van der Waals surface area contributed by atoms with Gasteiger partial charge >= 0.3 is 0 Å². The molecule has 1 aliphatic heterocycles. The molecule has 2 N–H and O–H groups in total. The molecule has 28 heavy (non-hydrogen) atoms.